The van der Waals surface area contributed by atoms with Crippen molar-refractivity contribution in [3.05, 3.63) is 46.2 Å². The van der Waals surface area contributed by atoms with Crippen molar-refractivity contribution in [2.45, 2.75) is 25.3 Å². The van der Waals surface area contributed by atoms with Gasteiger partial charge in [0.1, 0.15) is 5.76 Å². The SMILES string of the molecule is O=C(C=Cc1cccs1)NCc1nc(-c2cc(C3CC3)on2)no1. The molecule has 0 spiro atoms. The molecule has 1 saturated carbocycles. The largest absolute Gasteiger partial charge is 0.360 e. The van der Waals surface area contributed by atoms with Crippen LogP contribution in [0.25, 0.3) is 17.6 Å². The zero-order valence-electron chi connectivity index (χ0n) is 12.6. The maximum absolute atomic E-state index is 11.8. The van der Waals surface area contributed by atoms with E-state index in [0.29, 0.717) is 23.3 Å². The van der Waals surface area contributed by atoms with Gasteiger partial charge in [0.15, 0.2) is 5.69 Å². The van der Waals surface area contributed by atoms with E-state index in [-0.39, 0.29) is 12.5 Å². The Morgan fingerprint density at radius 1 is 1.38 bits per heavy atom. The molecule has 1 aliphatic rings. The highest BCUT2D eigenvalue weighted by atomic mass is 32.1. The second kappa shape index (κ2) is 6.40. The van der Waals surface area contributed by atoms with Crippen molar-refractivity contribution in [1.82, 2.24) is 20.6 Å². The third-order valence-corrected chi connectivity index (χ3v) is 4.40. The fourth-order valence-electron chi connectivity index (χ4n) is 2.15. The lowest BCUT2D eigenvalue weighted by molar-refractivity contribution is -0.116. The van der Waals surface area contributed by atoms with E-state index in [0.717, 1.165) is 23.5 Å². The third kappa shape index (κ3) is 3.43. The lowest BCUT2D eigenvalue weighted by Crippen LogP contribution is -2.20. The molecule has 3 heterocycles. The average molecular weight is 342 g/mol. The molecule has 0 unspecified atom stereocenters. The number of carbonyl (C=O) groups is 1. The Morgan fingerprint density at radius 2 is 2.29 bits per heavy atom. The number of amides is 1. The van der Waals surface area contributed by atoms with E-state index in [1.165, 1.54) is 6.08 Å². The molecule has 0 radical (unpaired) electrons. The van der Waals surface area contributed by atoms with E-state index >= 15 is 0 Å². The molecular formula is C16H14N4O3S. The standard InChI is InChI=1S/C16H14N4O3S/c21-14(6-5-11-2-1-7-24-11)17-9-15-18-16(20-23-15)12-8-13(22-19-12)10-3-4-10/h1-2,5-8,10H,3-4,9H2,(H,17,21). The number of hydrogen-bond donors (Lipinski definition) is 1. The van der Waals surface area contributed by atoms with Crippen LogP contribution in [0.5, 0.6) is 0 Å². The molecule has 7 nitrogen and oxygen atoms in total. The lowest BCUT2D eigenvalue weighted by Gasteiger charge is -1.95. The van der Waals surface area contributed by atoms with Crippen LogP contribution in [0.15, 0.2) is 38.7 Å². The fourth-order valence-corrected chi connectivity index (χ4v) is 2.77. The summed E-state index contributed by atoms with van der Waals surface area (Å²) in [6, 6.07) is 5.71. The minimum atomic E-state index is -0.222. The van der Waals surface area contributed by atoms with E-state index in [9.17, 15) is 4.79 Å². The number of thiophene rings is 1. The fraction of sp³-hybridized carbons (Fsp3) is 0.250. The van der Waals surface area contributed by atoms with Crippen LogP contribution in [0.2, 0.25) is 0 Å². The number of carbonyl (C=O) groups excluding carboxylic acids is 1. The quantitative estimate of drug-likeness (QED) is 0.692. The molecule has 0 aliphatic heterocycles. The smallest absolute Gasteiger partial charge is 0.246 e. The van der Waals surface area contributed by atoms with Crippen LogP contribution in [0.4, 0.5) is 0 Å². The number of nitrogens with zero attached hydrogens (tertiary/aromatic N) is 3. The van der Waals surface area contributed by atoms with Crippen LogP contribution < -0.4 is 5.32 Å². The van der Waals surface area contributed by atoms with Crippen molar-refractivity contribution in [3.63, 3.8) is 0 Å². The zero-order valence-corrected chi connectivity index (χ0v) is 13.5. The Hall–Kier alpha value is -2.74. The minimum Gasteiger partial charge on any atom is -0.360 e. The van der Waals surface area contributed by atoms with Gasteiger partial charge in [-0.2, -0.15) is 4.98 Å². The molecule has 0 saturated heterocycles. The van der Waals surface area contributed by atoms with Gasteiger partial charge < -0.3 is 14.4 Å². The third-order valence-electron chi connectivity index (χ3n) is 3.56. The van der Waals surface area contributed by atoms with Crippen molar-refractivity contribution >= 4 is 23.3 Å². The summed E-state index contributed by atoms with van der Waals surface area (Å²) in [5, 5.41) is 12.5. The predicted octanol–water partition coefficient (Wildman–Crippen LogP) is 2.99. The summed E-state index contributed by atoms with van der Waals surface area (Å²) in [5.41, 5.74) is 0.552. The monoisotopic (exact) mass is 342 g/mol. The normalized spacial score (nSPS) is 14.3. The van der Waals surface area contributed by atoms with Crippen LogP contribution in [0.1, 0.15) is 35.3 Å². The summed E-state index contributed by atoms with van der Waals surface area (Å²) >= 11 is 1.57. The number of rotatable bonds is 6. The molecule has 1 N–H and O–H groups in total. The molecule has 8 heteroatoms. The maximum Gasteiger partial charge on any atom is 0.246 e. The summed E-state index contributed by atoms with van der Waals surface area (Å²) in [6.07, 6.45) is 5.50. The van der Waals surface area contributed by atoms with Crippen molar-refractivity contribution in [2.75, 3.05) is 0 Å². The molecule has 1 amide bonds. The summed E-state index contributed by atoms with van der Waals surface area (Å²) in [5.74, 6) is 1.80. The molecule has 3 aromatic heterocycles. The highest BCUT2D eigenvalue weighted by molar-refractivity contribution is 7.10. The molecule has 4 rings (SSSR count). The van der Waals surface area contributed by atoms with Gasteiger partial charge in [-0.05, 0) is 30.4 Å². The predicted molar refractivity (Wildman–Crippen MR) is 87.0 cm³/mol. The zero-order chi connectivity index (χ0) is 16.4. The van der Waals surface area contributed by atoms with Crippen molar-refractivity contribution in [1.29, 1.82) is 0 Å². The van der Waals surface area contributed by atoms with Crippen molar-refractivity contribution < 1.29 is 13.8 Å². The van der Waals surface area contributed by atoms with Gasteiger partial charge in [0.05, 0.1) is 6.54 Å². The van der Waals surface area contributed by atoms with E-state index in [4.69, 9.17) is 9.05 Å². The Kier molecular flexibility index (Phi) is 3.96. The highest BCUT2D eigenvalue weighted by Gasteiger charge is 2.28. The van der Waals surface area contributed by atoms with Gasteiger partial charge in [-0.15, -0.1) is 11.3 Å². The Labute approximate surface area is 141 Å². The maximum atomic E-state index is 11.8. The number of hydrogen-bond acceptors (Lipinski definition) is 7. The first kappa shape index (κ1) is 14.8. The molecule has 0 bridgehead atoms. The first-order chi connectivity index (χ1) is 11.8. The van der Waals surface area contributed by atoms with E-state index in [1.54, 1.807) is 17.4 Å². The molecular weight excluding hydrogens is 328 g/mol. The van der Waals surface area contributed by atoms with E-state index in [1.807, 2.05) is 23.6 Å². The molecule has 3 aromatic rings. The molecule has 0 atom stereocenters. The molecule has 24 heavy (non-hydrogen) atoms. The first-order valence-electron chi connectivity index (χ1n) is 7.57. The summed E-state index contributed by atoms with van der Waals surface area (Å²) < 4.78 is 10.4. The molecule has 1 fully saturated rings. The van der Waals surface area contributed by atoms with Crippen LogP contribution in [0, 0.1) is 0 Å². The van der Waals surface area contributed by atoms with Gasteiger partial charge in [-0.1, -0.05) is 16.4 Å². The van der Waals surface area contributed by atoms with Crippen LogP contribution >= 0.6 is 11.3 Å². The summed E-state index contributed by atoms with van der Waals surface area (Å²) in [4.78, 5) is 17.0. The highest BCUT2D eigenvalue weighted by Crippen LogP contribution is 2.40. The molecule has 0 aromatic carbocycles. The van der Waals surface area contributed by atoms with Gasteiger partial charge in [0, 0.05) is 22.9 Å². The van der Waals surface area contributed by atoms with Gasteiger partial charge in [-0.25, -0.2) is 0 Å². The summed E-state index contributed by atoms with van der Waals surface area (Å²) in [7, 11) is 0. The number of nitrogens with one attached hydrogen (secondary N) is 1. The second-order valence-corrected chi connectivity index (χ2v) is 6.45. The van der Waals surface area contributed by atoms with Crippen LogP contribution in [-0.2, 0) is 11.3 Å². The van der Waals surface area contributed by atoms with Crippen LogP contribution in [0.3, 0.4) is 0 Å². The van der Waals surface area contributed by atoms with E-state index in [2.05, 4.69) is 20.6 Å². The Bertz CT molecular complexity index is 862. The van der Waals surface area contributed by atoms with E-state index < -0.39 is 0 Å². The minimum absolute atomic E-state index is 0.161. The average Bonchev–Trinajstić information content (AvgIpc) is 3.03. The van der Waals surface area contributed by atoms with Crippen LogP contribution in [-0.4, -0.2) is 21.2 Å². The Morgan fingerprint density at radius 3 is 3.08 bits per heavy atom. The second-order valence-electron chi connectivity index (χ2n) is 5.47. The lowest BCUT2D eigenvalue weighted by atomic mass is 10.3. The van der Waals surface area contributed by atoms with Gasteiger partial charge in [-0.3, -0.25) is 4.79 Å². The van der Waals surface area contributed by atoms with Gasteiger partial charge in [0.2, 0.25) is 17.6 Å². The van der Waals surface area contributed by atoms with Crippen molar-refractivity contribution in [2.24, 2.45) is 0 Å². The first-order valence-corrected chi connectivity index (χ1v) is 8.45. The van der Waals surface area contributed by atoms with Crippen molar-refractivity contribution in [3.8, 4) is 11.5 Å². The molecule has 122 valence electrons. The van der Waals surface area contributed by atoms with Gasteiger partial charge in [0.25, 0.3) is 0 Å². The molecule has 1 aliphatic carbocycles. The topological polar surface area (TPSA) is 94.1 Å². The summed E-state index contributed by atoms with van der Waals surface area (Å²) in [6.45, 7) is 0.161. The Balaban J connectivity index is 1.33. The van der Waals surface area contributed by atoms with Gasteiger partial charge >= 0.3 is 0 Å². The number of aromatic nitrogens is 3.